The number of carbonyl (C=O) groups excluding carboxylic acids is 1. The average Bonchev–Trinajstić information content (AvgIpc) is 2.54. The minimum atomic E-state index is -4.40. The number of hydrogen-bond acceptors (Lipinski definition) is 2. The summed E-state index contributed by atoms with van der Waals surface area (Å²) >= 11 is 1.05. The van der Waals surface area contributed by atoms with Gasteiger partial charge >= 0.3 is 6.18 Å². The maximum Gasteiger partial charge on any atom is 0.416 e. The Bertz CT molecular complexity index is 700. The molecule has 0 aliphatic carbocycles. The third kappa shape index (κ3) is 5.26. The molecule has 2 aromatic rings. The monoisotopic (exact) mass is 357 g/mol. The van der Waals surface area contributed by atoms with Crippen LogP contribution < -0.4 is 0 Å². The molecule has 2 aromatic carbocycles. The molecule has 0 heterocycles. The van der Waals surface area contributed by atoms with Crippen molar-refractivity contribution in [2.45, 2.75) is 17.6 Å². The molecule has 0 saturated carbocycles. The van der Waals surface area contributed by atoms with Gasteiger partial charge in [0.25, 0.3) is 0 Å². The predicted molar refractivity (Wildman–Crippen MR) is 85.0 cm³/mol. The third-order valence-electron chi connectivity index (χ3n) is 3.28. The lowest BCUT2D eigenvalue weighted by Gasteiger charge is -2.17. The van der Waals surface area contributed by atoms with Crippen molar-refractivity contribution in [1.82, 2.24) is 4.90 Å². The Labute approximate surface area is 141 Å². The lowest BCUT2D eigenvalue weighted by molar-refractivity contribution is -0.137. The fourth-order valence-electron chi connectivity index (χ4n) is 1.97. The Hall–Kier alpha value is -2.02. The molecule has 128 valence electrons. The summed E-state index contributed by atoms with van der Waals surface area (Å²) in [5.74, 6) is -0.548. The van der Waals surface area contributed by atoms with Crippen LogP contribution in [0.3, 0.4) is 0 Å². The summed E-state index contributed by atoms with van der Waals surface area (Å²) in [5.41, 5.74) is 0.0379. The van der Waals surface area contributed by atoms with Gasteiger partial charge in [-0.15, -0.1) is 11.8 Å². The lowest BCUT2D eigenvalue weighted by Crippen LogP contribution is -2.27. The Balaban J connectivity index is 1.91. The molecule has 0 radical (unpaired) electrons. The quantitative estimate of drug-likeness (QED) is 0.576. The van der Waals surface area contributed by atoms with Crippen LogP contribution in [-0.4, -0.2) is 23.6 Å². The Morgan fingerprint density at radius 1 is 1.12 bits per heavy atom. The molecule has 1 amide bonds. The van der Waals surface area contributed by atoms with Crippen molar-refractivity contribution >= 4 is 17.7 Å². The number of amides is 1. The van der Waals surface area contributed by atoms with Crippen LogP contribution in [0.25, 0.3) is 0 Å². The third-order valence-corrected chi connectivity index (χ3v) is 4.26. The number of thioether (sulfide) groups is 1. The molecule has 0 aromatic heterocycles. The summed E-state index contributed by atoms with van der Waals surface area (Å²) in [6.45, 7) is 0.308. The number of rotatable bonds is 5. The molecule has 0 atom stereocenters. The second-order valence-corrected chi connectivity index (χ2v) is 6.24. The van der Waals surface area contributed by atoms with Gasteiger partial charge in [-0.1, -0.05) is 18.2 Å². The molecule has 2 nitrogen and oxygen atoms in total. The van der Waals surface area contributed by atoms with Crippen LogP contribution in [-0.2, 0) is 17.5 Å². The van der Waals surface area contributed by atoms with E-state index in [9.17, 15) is 22.4 Å². The molecule has 0 aliphatic heterocycles. The fraction of sp³-hybridized carbons (Fsp3) is 0.235. The van der Waals surface area contributed by atoms with Gasteiger partial charge in [-0.2, -0.15) is 13.2 Å². The number of nitrogens with zero attached hydrogens (tertiary/aromatic N) is 1. The van der Waals surface area contributed by atoms with Crippen LogP contribution >= 0.6 is 11.8 Å². The highest BCUT2D eigenvalue weighted by molar-refractivity contribution is 8.00. The van der Waals surface area contributed by atoms with Gasteiger partial charge in [-0.25, -0.2) is 4.39 Å². The summed E-state index contributed by atoms with van der Waals surface area (Å²) in [7, 11) is 1.60. The van der Waals surface area contributed by atoms with Crippen molar-refractivity contribution in [3.8, 4) is 0 Å². The Kier molecular flexibility index (Phi) is 5.88. The van der Waals surface area contributed by atoms with Crippen molar-refractivity contribution in [2.75, 3.05) is 12.8 Å². The van der Waals surface area contributed by atoms with Gasteiger partial charge in [0.2, 0.25) is 5.91 Å². The first-order valence-corrected chi connectivity index (χ1v) is 8.03. The molecule has 7 heteroatoms. The SMILES string of the molecule is CN(Cc1ccc(F)cc1)C(=O)CSc1cccc(C(F)(F)F)c1. The van der Waals surface area contributed by atoms with Crippen LogP contribution in [0.1, 0.15) is 11.1 Å². The first kappa shape index (κ1) is 18.3. The predicted octanol–water partition coefficient (Wildman–Crippen LogP) is 4.60. The van der Waals surface area contributed by atoms with Crippen molar-refractivity contribution in [2.24, 2.45) is 0 Å². The topological polar surface area (TPSA) is 20.3 Å². The fourth-order valence-corrected chi connectivity index (χ4v) is 2.86. The van der Waals surface area contributed by atoms with Gasteiger partial charge in [-0.05, 0) is 35.9 Å². The summed E-state index contributed by atoms with van der Waals surface area (Å²) in [6, 6.07) is 10.7. The molecule has 0 fully saturated rings. The van der Waals surface area contributed by atoms with Gasteiger partial charge in [0.1, 0.15) is 5.82 Å². The second kappa shape index (κ2) is 7.70. The standard InChI is InChI=1S/C17H15F4NOS/c1-22(10-12-5-7-14(18)8-6-12)16(23)11-24-15-4-2-3-13(9-15)17(19,20)21/h2-9H,10-11H2,1H3. The zero-order valence-electron chi connectivity index (χ0n) is 12.8. The normalized spacial score (nSPS) is 11.4. The maximum absolute atomic E-state index is 12.8. The average molecular weight is 357 g/mol. The van der Waals surface area contributed by atoms with E-state index in [1.807, 2.05) is 0 Å². The number of benzene rings is 2. The lowest BCUT2D eigenvalue weighted by atomic mass is 10.2. The minimum Gasteiger partial charge on any atom is -0.341 e. The highest BCUT2D eigenvalue weighted by atomic mass is 32.2. The summed E-state index contributed by atoms with van der Waals surface area (Å²) in [4.78, 5) is 13.9. The van der Waals surface area contributed by atoms with Crippen LogP contribution in [0.5, 0.6) is 0 Å². The van der Waals surface area contributed by atoms with E-state index in [0.717, 1.165) is 29.5 Å². The minimum absolute atomic E-state index is 0.0268. The van der Waals surface area contributed by atoms with Gasteiger partial charge in [0, 0.05) is 18.5 Å². The summed E-state index contributed by atoms with van der Waals surface area (Å²) in [6.07, 6.45) is -4.40. The highest BCUT2D eigenvalue weighted by Crippen LogP contribution is 2.31. The Morgan fingerprint density at radius 2 is 1.79 bits per heavy atom. The van der Waals surface area contributed by atoms with Crippen LogP contribution in [0.2, 0.25) is 0 Å². The van der Waals surface area contributed by atoms with Crippen molar-refractivity contribution in [3.05, 3.63) is 65.5 Å². The molecule has 0 spiro atoms. The first-order valence-electron chi connectivity index (χ1n) is 7.04. The van der Waals surface area contributed by atoms with E-state index in [1.165, 1.54) is 29.2 Å². The van der Waals surface area contributed by atoms with Gasteiger partial charge in [0.05, 0.1) is 11.3 Å². The van der Waals surface area contributed by atoms with E-state index >= 15 is 0 Å². The van der Waals surface area contributed by atoms with E-state index < -0.39 is 11.7 Å². The van der Waals surface area contributed by atoms with Gasteiger partial charge in [0.15, 0.2) is 0 Å². The zero-order valence-corrected chi connectivity index (χ0v) is 13.6. The molecule has 2 rings (SSSR count). The van der Waals surface area contributed by atoms with Crippen molar-refractivity contribution in [1.29, 1.82) is 0 Å². The van der Waals surface area contributed by atoms with Crippen LogP contribution in [0, 0.1) is 5.82 Å². The zero-order chi connectivity index (χ0) is 17.7. The molecule has 0 bridgehead atoms. The van der Waals surface area contributed by atoms with E-state index in [2.05, 4.69) is 0 Å². The van der Waals surface area contributed by atoms with E-state index in [0.29, 0.717) is 11.4 Å². The van der Waals surface area contributed by atoms with Crippen molar-refractivity contribution in [3.63, 3.8) is 0 Å². The molecule has 0 aliphatic rings. The molecule has 24 heavy (non-hydrogen) atoms. The van der Waals surface area contributed by atoms with Gasteiger partial charge in [-0.3, -0.25) is 4.79 Å². The number of carbonyl (C=O) groups is 1. The van der Waals surface area contributed by atoms with E-state index in [4.69, 9.17) is 0 Å². The molecular weight excluding hydrogens is 342 g/mol. The highest BCUT2D eigenvalue weighted by Gasteiger charge is 2.30. The molecule has 0 N–H and O–H groups in total. The Morgan fingerprint density at radius 3 is 2.42 bits per heavy atom. The van der Waals surface area contributed by atoms with E-state index in [-0.39, 0.29) is 17.5 Å². The number of alkyl halides is 3. The molecule has 0 unspecified atom stereocenters. The number of halogens is 4. The van der Waals surface area contributed by atoms with Crippen LogP contribution in [0.4, 0.5) is 17.6 Å². The van der Waals surface area contributed by atoms with E-state index in [1.54, 1.807) is 19.2 Å². The maximum atomic E-state index is 12.8. The largest absolute Gasteiger partial charge is 0.416 e. The van der Waals surface area contributed by atoms with Crippen molar-refractivity contribution < 1.29 is 22.4 Å². The summed E-state index contributed by atoms with van der Waals surface area (Å²) in [5, 5.41) is 0. The summed E-state index contributed by atoms with van der Waals surface area (Å²) < 4.78 is 50.8. The second-order valence-electron chi connectivity index (χ2n) is 5.19. The smallest absolute Gasteiger partial charge is 0.341 e. The number of hydrogen-bond donors (Lipinski definition) is 0. The van der Waals surface area contributed by atoms with Crippen LogP contribution in [0.15, 0.2) is 53.4 Å². The molecular formula is C17H15F4NOS. The van der Waals surface area contributed by atoms with Gasteiger partial charge < -0.3 is 4.90 Å². The first-order chi connectivity index (χ1) is 11.3. The molecule has 0 saturated heterocycles.